The lowest BCUT2D eigenvalue weighted by Gasteiger charge is -2.44. The standard InChI is InChI=1S/C22H29N3O3/c1-14(2)25-13-19-20(23-25)18(26)12-22(28-19)7-9-24(10-8-22)21(27)17-6-5-15(3)16(4)11-17/h5-6,11,13-14,18,26H,7-10,12H2,1-4H3. The maximum absolute atomic E-state index is 12.9. The molecule has 2 aromatic rings. The van der Waals surface area contributed by atoms with Gasteiger partial charge >= 0.3 is 0 Å². The number of aryl methyl sites for hydroxylation is 2. The smallest absolute Gasteiger partial charge is 0.253 e. The molecular weight excluding hydrogens is 354 g/mol. The number of ether oxygens (including phenoxy) is 1. The molecule has 0 aliphatic carbocycles. The third kappa shape index (κ3) is 3.30. The first-order valence-corrected chi connectivity index (χ1v) is 10.1. The van der Waals surface area contributed by atoms with Crippen LogP contribution in [0.2, 0.25) is 0 Å². The van der Waals surface area contributed by atoms with E-state index in [1.165, 1.54) is 5.56 Å². The predicted molar refractivity (Wildman–Crippen MR) is 107 cm³/mol. The summed E-state index contributed by atoms with van der Waals surface area (Å²) in [6.45, 7) is 9.45. The lowest BCUT2D eigenvalue weighted by Crippen LogP contribution is -2.51. The van der Waals surface area contributed by atoms with Crippen LogP contribution in [0.5, 0.6) is 5.75 Å². The Morgan fingerprint density at radius 2 is 1.96 bits per heavy atom. The number of carbonyl (C=O) groups excluding carboxylic acids is 1. The van der Waals surface area contributed by atoms with Crippen molar-refractivity contribution in [3.05, 3.63) is 46.8 Å². The number of rotatable bonds is 2. The molecule has 4 rings (SSSR count). The maximum Gasteiger partial charge on any atom is 0.253 e. The molecule has 1 aromatic heterocycles. The summed E-state index contributed by atoms with van der Waals surface area (Å²) in [5, 5.41) is 15.1. The minimum atomic E-state index is -0.620. The second-order valence-electron chi connectivity index (χ2n) is 8.55. The van der Waals surface area contributed by atoms with Gasteiger partial charge in [0.15, 0.2) is 5.75 Å². The molecule has 0 saturated carbocycles. The number of nitrogens with zero attached hydrogens (tertiary/aromatic N) is 3. The van der Waals surface area contributed by atoms with Gasteiger partial charge in [0.2, 0.25) is 0 Å². The number of fused-ring (bicyclic) bond motifs is 1. The number of likely N-dealkylation sites (tertiary alicyclic amines) is 1. The summed E-state index contributed by atoms with van der Waals surface area (Å²) >= 11 is 0. The molecule has 0 bridgehead atoms. The Balaban J connectivity index is 1.47. The predicted octanol–water partition coefficient (Wildman–Crippen LogP) is 3.57. The third-order valence-corrected chi connectivity index (χ3v) is 6.18. The molecule has 0 radical (unpaired) electrons. The Morgan fingerprint density at radius 1 is 1.25 bits per heavy atom. The van der Waals surface area contributed by atoms with Gasteiger partial charge in [-0.15, -0.1) is 0 Å². The molecule has 1 saturated heterocycles. The number of hydrogen-bond acceptors (Lipinski definition) is 4. The van der Waals surface area contributed by atoms with Crippen molar-refractivity contribution in [2.45, 2.75) is 64.7 Å². The number of hydrogen-bond donors (Lipinski definition) is 1. The van der Waals surface area contributed by atoms with Gasteiger partial charge in [-0.1, -0.05) is 6.07 Å². The molecule has 2 aliphatic heterocycles. The van der Waals surface area contributed by atoms with Crippen molar-refractivity contribution in [2.75, 3.05) is 13.1 Å². The number of aliphatic hydroxyl groups excluding tert-OH is 1. The third-order valence-electron chi connectivity index (χ3n) is 6.18. The van der Waals surface area contributed by atoms with Gasteiger partial charge in [0.25, 0.3) is 5.91 Å². The molecule has 2 aliphatic rings. The topological polar surface area (TPSA) is 67.6 Å². The fourth-order valence-corrected chi connectivity index (χ4v) is 4.17. The molecule has 3 heterocycles. The van der Waals surface area contributed by atoms with Crippen LogP contribution in [0.3, 0.4) is 0 Å². The highest BCUT2D eigenvalue weighted by molar-refractivity contribution is 5.94. The largest absolute Gasteiger partial charge is 0.483 e. The molecule has 1 amide bonds. The van der Waals surface area contributed by atoms with Gasteiger partial charge in [0.05, 0.1) is 6.20 Å². The molecule has 6 nitrogen and oxygen atoms in total. The fourth-order valence-electron chi connectivity index (χ4n) is 4.17. The SMILES string of the molecule is Cc1ccc(C(=O)N2CCC3(CC2)CC(O)c2nn(C(C)C)cc2O3)cc1C. The average molecular weight is 383 g/mol. The number of aliphatic hydroxyl groups is 1. The zero-order valence-electron chi connectivity index (χ0n) is 17.1. The van der Waals surface area contributed by atoms with Crippen LogP contribution in [-0.2, 0) is 0 Å². The Kier molecular flexibility index (Phi) is 4.70. The van der Waals surface area contributed by atoms with Crippen molar-refractivity contribution >= 4 is 5.91 Å². The number of aromatic nitrogens is 2. The fraction of sp³-hybridized carbons (Fsp3) is 0.545. The summed E-state index contributed by atoms with van der Waals surface area (Å²) in [6, 6.07) is 6.09. The van der Waals surface area contributed by atoms with Gasteiger partial charge in [-0.25, -0.2) is 0 Å². The van der Waals surface area contributed by atoms with Gasteiger partial charge in [0, 0.05) is 44.0 Å². The van der Waals surface area contributed by atoms with E-state index in [0.717, 1.165) is 11.1 Å². The van der Waals surface area contributed by atoms with Gasteiger partial charge in [-0.3, -0.25) is 9.48 Å². The molecule has 1 unspecified atom stereocenters. The van der Waals surface area contributed by atoms with Gasteiger partial charge in [0.1, 0.15) is 17.4 Å². The van der Waals surface area contributed by atoms with Crippen LogP contribution in [0.4, 0.5) is 0 Å². The van der Waals surface area contributed by atoms with Gasteiger partial charge in [-0.05, 0) is 51.0 Å². The lowest BCUT2D eigenvalue weighted by atomic mass is 9.83. The maximum atomic E-state index is 12.9. The molecular formula is C22H29N3O3. The van der Waals surface area contributed by atoms with Crippen molar-refractivity contribution in [3.63, 3.8) is 0 Å². The van der Waals surface area contributed by atoms with Crippen LogP contribution in [0, 0.1) is 13.8 Å². The molecule has 6 heteroatoms. The minimum absolute atomic E-state index is 0.0719. The normalized spacial score (nSPS) is 20.9. The van der Waals surface area contributed by atoms with Crippen molar-refractivity contribution in [1.29, 1.82) is 0 Å². The number of benzene rings is 1. The molecule has 1 fully saturated rings. The molecule has 150 valence electrons. The van der Waals surface area contributed by atoms with E-state index in [1.807, 2.05) is 40.9 Å². The highest BCUT2D eigenvalue weighted by atomic mass is 16.5. The highest BCUT2D eigenvalue weighted by Crippen LogP contribution is 2.44. The molecule has 1 N–H and O–H groups in total. The minimum Gasteiger partial charge on any atom is -0.483 e. The monoisotopic (exact) mass is 383 g/mol. The quantitative estimate of drug-likeness (QED) is 0.861. The highest BCUT2D eigenvalue weighted by Gasteiger charge is 2.45. The Bertz CT molecular complexity index is 894. The summed E-state index contributed by atoms with van der Waals surface area (Å²) < 4.78 is 8.19. The Labute approximate surface area is 166 Å². The van der Waals surface area contributed by atoms with E-state index in [9.17, 15) is 9.90 Å². The van der Waals surface area contributed by atoms with E-state index in [-0.39, 0.29) is 11.9 Å². The van der Waals surface area contributed by atoms with Crippen molar-refractivity contribution in [1.82, 2.24) is 14.7 Å². The van der Waals surface area contributed by atoms with Crippen LogP contribution in [0.15, 0.2) is 24.4 Å². The number of amides is 1. The first-order valence-electron chi connectivity index (χ1n) is 10.1. The van der Waals surface area contributed by atoms with Gasteiger partial charge < -0.3 is 14.7 Å². The molecule has 1 atom stereocenters. The molecule has 1 aromatic carbocycles. The average Bonchev–Trinajstić information content (AvgIpc) is 3.09. The van der Waals surface area contributed by atoms with E-state index in [4.69, 9.17) is 4.74 Å². The summed E-state index contributed by atoms with van der Waals surface area (Å²) in [5.41, 5.74) is 3.28. The van der Waals surface area contributed by atoms with E-state index in [0.29, 0.717) is 43.8 Å². The van der Waals surface area contributed by atoms with Crippen molar-refractivity contribution in [3.8, 4) is 5.75 Å². The number of piperidine rings is 1. The van der Waals surface area contributed by atoms with Crippen LogP contribution in [0.1, 0.15) is 72.4 Å². The van der Waals surface area contributed by atoms with E-state index in [2.05, 4.69) is 25.9 Å². The van der Waals surface area contributed by atoms with Crippen LogP contribution >= 0.6 is 0 Å². The van der Waals surface area contributed by atoms with Crippen molar-refractivity contribution in [2.24, 2.45) is 0 Å². The first kappa shape index (κ1) is 19.0. The first-order chi connectivity index (χ1) is 13.3. The van der Waals surface area contributed by atoms with Crippen LogP contribution < -0.4 is 4.74 Å². The van der Waals surface area contributed by atoms with Crippen LogP contribution in [0.25, 0.3) is 0 Å². The lowest BCUT2D eigenvalue weighted by molar-refractivity contribution is -0.0504. The summed E-state index contributed by atoms with van der Waals surface area (Å²) in [4.78, 5) is 14.8. The zero-order valence-corrected chi connectivity index (χ0v) is 17.1. The number of carbonyl (C=O) groups is 1. The van der Waals surface area contributed by atoms with Crippen LogP contribution in [-0.4, -0.2) is 44.4 Å². The van der Waals surface area contributed by atoms with E-state index >= 15 is 0 Å². The van der Waals surface area contributed by atoms with Crippen molar-refractivity contribution < 1.29 is 14.6 Å². The second kappa shape index (κ2) is 6.92. The van der Waals surface area contributed by atoms with Gasteiger partial charge in [-0.2, -0.15) is 5.10 Å². The second-order valence-corrected chi connectivity index (χ2v) is 8.55. The Hall–Kier alpha value is -2.34. The molecule has 1 spiro atoms. The zero-order chi connectivity index (χ0) is 20.1. The van der Waals surface area contributed by atoms with E-state index in [1.54, 1.807) is 0 Å². The summed E-state index contributed by atoms with van der Waals surface area (Å²) in [5.74, 6) is 0.754. The summed E-state index contributed by atoms with van der Waals surface area (Å²) in [6.07, 6.45) is 3.22. The Morgan fingerprint density at radius 3 is 2.61 bits per heavy atom. The van der Waals surface area contributed by atoms with E-state index < -0.39 is 11.7 Å². The molecule has 28 heavy (non-hydrogen) atoms. The summed E-state index contributed by atoms with van der Waals surface area (Å²) in [7, 11) is 0.